The summed E-state index contributed by atoms with van der Waals surface area (Å²) in [5.74, 6) is -0.0642. The Morgan fingerprint density at radius 1 is 1.15 bits per heavy atom. The Kier molecular flexibility index (Phi) is 6.88. The minimum absolute atomic E-state index is 0.0642. The lowest BCUT2D eigenvalue weighted by atomic mass is 10.0. The molecule has 0 aliphatic carbocycles. The molecule has 1 saturated heterocycles. The van der Waals surface area contributed by atoms with Gasteiger partial charge in [-0.3, -0.25) is 9.69 Å². The van der Waals surface area contributed by atoms with Gasteiger partial charge in [-0.25, -0.2) is 0 Å². The van der Waals surface area contributed by atoms with Gasteiger partial charge in [0.1, 0.15) is 0 Å². The number of hydrogen-bond acceptors (Lipinski definition) is 4. The predicted octanol–water partition coefficient (Wildman–Crippen LogP) is 3.32. The lowest BCUT2D eigenvalue weighted by molar-refractivity contribution is 0.0162. The van der Waals surface area contributed by atoms with E-state index in [-0.39, 0.29) is 11.9 Å². The smallest absolute Gasteiger partial charge is 0.252 e. The molecule has 1 fully saturated rings. The lowest BCUT2D eigenvalue weighted by Gasteiger charge is -2.35. The predicted molar refractivity (Wildman–Crippen MR) is 112 cm³/mol. The van der Waals surface area contributed by atoms with Crippen molar-refractivity contribution < 1.29 is 9.53 Å². The van der Waals surface area contributed by atoms with Crippen LogP contribution in [0, 0.1) is 0 Å². The van der Waals surface area contributed by atoms with Gasteiger partial charge in [0.05, 0.1) is 24.8 Å². The fourth-order valence-electron chi connectivity index (χ4n) is 3.27. The van der Waals surface area contributed by atoms with Crippen molar-refractivity contribution in [1.29, 1.82) is 0 Å². The van der Waals surface area contributed by atoms with Crippen LogP contribution in [0.5, 0.6) is 0 Å². The van der Waals surface area contributed by atoms with Gasteiger partial charge in [0.2, 0.25) is 0 Å². The number of anilines is 1. The third-order valence-corrected chi connectivity index (χ3v) is 5.55. The van der Waals surface area contributed by atoms with Crippen LogP contribution in [-0.2, 0) is 4.74 Å². The van der Waals surface area contributed by atoms with E-state index in [1.54, 1.807) is 0 Å². The third kappa shape index (κ3) is 5.09. The Hall–Kier alpha value is -1.89. The van der Waals surface area contributed by atoms with Crippen LogP contribution in [0.15, 0.2) is 53.0 Å². The molecule has 1 atom stereocenters. The molecule has 27 heavy (non-hydrogen) atoms. The highest BCUT2D eigenvalue weighted by Gasteiger charge is 2.23. The molecule has 5 nitrogen and oxygen atoms in total. The van der Waals surface area contributed by atoms with E-state index in [4.69, 9.17) is 4.74 Å². The number of carbonyl (C=O) groups excluding carboxylic acids is 1. The number of morpholine rings is 1. The van der Waals surface area contributed by atoms with E-state index in [1.807, 2.05) is 38.4 Å². The van der Waals surface area contributed by atoms with E-state index < -0.39 is 0 Å². The zero-order valence-electron chi connectivity index (χ0n) is 15.8. The minimum atomic E-state index is -0.0642. The number of benzene rings is 2. The van der Waals surface area contributed by atoms with E-state index in [1.165, 1.54) is 5.56 Å². The molecule has 1 aliphatic heterocycles. The number of amides is 1. The Morgan fingerprint density at radius 2 is 1.81 bits per heavy atom. The zero-order valence-corrected chi connectivity index (χ0v) is 17.4. The van der Waals surface area contributed by atoms with Crippen LogP contribution in [-0.4, -0.2) is 57.8 Å². The number of nitrogens with one attached hydrogen (secondary N) is 1. The average molecular weight is 432 g/mol. The molecule has 0 bridgehead atoms. The molecule has 2 aromatic rings. The monoisotopic (exact) mass is 431 g/mol. The van der Waals surface area contributed by atoms with Gasteiger partial charge in [0.15, 0.2) is 0 Å². The number of nitrogens with zero attached hydrogens (tertiary/aromatic N) is 2. The van der Waals surface area contributed by atoms with Crippen molar-refractivity contribution in [2.24, 2.45) is 0 Å². The topological polar surface area (TPSA) is 44.8 Å². The molecular weight excluding hydrogens is 406 g/mol. The van der Waals surface area contributed by atoms with Crippen LogP contribution < -0.4 is 10.2 Å². The first-order valence-corrected chi connectivity index (χ1v) is 9.97. The molecule has 0 radical (unpaired) electrons. The van der Waals surface area contributed by atoms with Gasteiger partial charge in [-0.15, -0.1) is 0 Å². The summed E-state index contributed by atoms with van der Waals surface area (Å²) >= 11 is 3.45. The van der Waals surface area contributed by atoms with Gasteiger partial charge in [-0.1, -0.05) is 24.3 Å². The third-order valence-electron chi connectivity index (χ3n) is 4.86. The standard InChI is InChI=1S/C21H26BrN3O2/c1-24(2)17-9-7-16(8-10-17)20(25-11-13-27-14-12-25)15-23-21(26)18-5-3-4-6-19(18)22/h3-10,20H,11-15H2,1-2H3,(H,23,26)/t20-/m1/s1. The largest absolute Gasteiger partial charge is 0.379 e. The van der Waals surface area contributed by atoms with Gasteiger partial charge in [-0.2, -0.15) is 0 Å². The molecule has 2 aromatic carbocycles. The quantitative estimate of drug-likeness (QED) is 0.761. The summed E-state index contributed by atoms with van der Waals surface area (Å²) in [6.45, 7) is 3.74. The molecular formula is C21H26BrN3O2. The fourth-order valence-corrected chi connectivity index (χ4v) is 3.74. The number of rotatable bonds is 6. The van der Waals surface area contributed by atoms with Crippen LogP contribution in [0.2, 0.25) is 0 Å². The van der Waals surface area contributed by atoms with Crippen molar-refractivity contribution in [1.82, 2.24) is 10.2 Å². The Balaban J connectivity index is 1.75. The maximum absolute atomic E-state index is 12.6. The lowest BCUT2D eigenvalue weighted by Crippen LogP contribution is -2.43. The maximum atomic E-state index is 12.6. The highest BCUT2D eigenvalue weighted by Crippen LogP contribution is 2.24. The van der Waals surface area contributed by atoms with Crippen molar-refractivity contribution in [2.45, 2.75) is 6.04 Å². The molecule has 0 saturated carbocycles. The molecule has 3 rings (SSSR count). The molecule has 144 valence electrons. The summed E-state index contributed by atoms with van der Waals surface area (Å²) in [6, 6.07) is 16.2. The molecule has 1 heterocycles. The van der Waals surface area contributed by atoms with Gasteiger partial charge < -0.3 is 15.0 Å². The van der Waals surface area contributed by atoms with Crippen molar-refractivity contribution in [3.8, 4) is 0 Å². The second-order valence-electron chi connectivity index (χ2n) is 6.84. The summed E-state index contributed by atoms with van der Waals surface area (Å²) in [7, 11) is 4.07. The Morgan fingerprint density at radius 3 is 2.44 bits per heavy atom. The first-order chi connectivity index (χ1) is 13.1. The van der Waals surface area contributed by atoms with Crippen LogP contribution in [0.4, 0.5) is 5.69 Å². The first kappa shape index (κ1) is 19.9. The molecule has 6 heteroatoms. The second kappa shape index (κ2) is 9.35. The Bertz CT molecular complexity index is 758. The number of hydrogen-bond donors (Lipinski definition) is 1. The van der Waals surface area contributed by atoms with Gasteiger partial charge in [0, 0.05) is 43.9 Å². The highest BCUT2D eigenvalue weighted by molar-refractivity contribution is 9.10. The summed E-state index contributed by atoms with van der Waals surface area (Å²) in [6.07, 6.45) is 0. The molecule has 1 aliphatic rings. The number of ether oxygens (including phenoxy) is 1. The van der Waals surface area contributed by atoms with Gasteiger partial charge >= 0.3 is 0 Å². The number of carbonyl (C=O) groups is 1. The summed E-state index contributed by atoms with van der Waals surface area (Å²) < 4.78 is 6.31. The van der Waals surface area contributed by atoms with E-state index >= 15 is 0 Å². The minimum Gasteiger partial charge on any atom is -0.379 e. The summed E-state index contributed by atoms with van der Waals surface area (Å²) in [4.78, 5) is 17.1. The second-order valence-corrected chi connectivity index (χ2v) is 7.69. The van der Waals surface area contributed by atoms with Crippen molar-refractivity contribution in [2.75, 3.05) is 51.8 Å². The van der Waals surface area contributed by atoms with Crippen LogP contribution in [0.3, 0.4) is 0 Å². The Labute approximate surface area is 169 Å². The van der Waals surface area contributed by atoms with E-state index in [9.17, 15) is 4.79 Å². The highest BCUT2D eigenvalue weighted by atomic mass is 79.9. The normalized spacial score (nSPS) is 16.0. The van der Waals surface area contributed by atoms with Crippen LogP contribution in [0.25, 0.3) is 0 Å². The van der Waals surface area contributed by atoms with E-state index in [0.717, 1.165) is 36.5 Å². The summed E-state index contributed by atoms with van der Waals surface area (Å²) in [5, 5.41) is 3.11. The SMILES string of the molecule is CN(C)c1ccc([C@@H](CNC(=O)c2ccccc2Br)N2CCOCC2)cc1. The van der Waals surface area contributed by atoms with Gasteiger partial charge in [-0.05, 0) is 45.8 Å². The van der Waals surface area contributed by atoms with Gasteiger partial charge in [0.25, 0.3) is 5.91 Å². The van der Waals surface area contributed by atoms with E-state index in [0.29, 0.717) is 12.1 Å². The number of halogens is 1. The molecule has 0 unspecified atom stereocenters. The van der Waals surface area contributed by atoms with Crippen molar-refractivity contribution in [3.63, 3.8) is 0 Å². The summed E-state index contributed by atoms with van der Waals surface area (Å²) in [5.41, 5.74) is 3.02. The average Bonchev–Trinajstić information content (AvgIpc) is 2.69. The molecule has 0 aromatic heterocycles. The van der Waals surface area contributed by atoms with Crippen molar-refractivity contribution >= 4 is 27.5 Å². The maximum Gasteiger partial charge on any atom is 0.252 e. The van der Waals surface area contributed by atoms with Crippen LogP contribution >= 0.6 is 15.9 Å². The fraction of sp³-hybridized carbons (Fsp3) is 0.381. The van der Waals surface area contributed by atoms with Crippen molar-refractivity contribution in [3.05, 3.63) is 64.1 Å². The zero-order chi connectivity index (χ0) is 19.2. The molecule has 1 N–H and O–H groups in total. The van der Waals surface area contributed by atoms with Crippen LogP contribution in [0.1, 0.15) is 22.0 Å². The molecule has 1 amide bonds. The van der Waals surface area contributed by atoms with E-state index in [2.05, 4.69) is 55.3 Å². The first-order valence-electron chi connectivity index (χ1n) is 9.18. The molecule has 0 spiro atoms.